The van der Waals surface area contributed by atoms with E-state index in [1.807, 2.05) is 18.7 Å². The molecular formula is C19H31N5O5S. The van der Waals surface area contributed by atoms with Gasteiger partial charge >= 0.3 is 0 Å². The standard InChI is InChI=1S/C19H31N5O5S/c1-5-23(6-2)30(27,28)24-11-9-22(10-12-24)14-19(26)21-17-13-16(20-15(3)25)7-8-18(17)29-4/h7-8,13H,5-6,9-12,14H2,1-4H3,(H,20,25)(H,21,26). The summed E-state index contributed by atoms with van der Waals surface area (Å²) >= 11 is 0. The number of rotatable bonds is 9. The number of methoxy groups -OCH3 is 1. The molecular weight excluding hydrogens is 410 g/mol. The molecule has 1 aromatic carbocycles. The van der Waals surface area contributed by atoms with Gasteiger partial charge in [0.1, 0.15) is 5.75 Å². The summed E-state index contributed by atoms with van der Waals surface area (Å²) in [5, 5.41) is 5.47. The average Bonchev–Trinajstić information content (AvgIpc) is 2.69. The van der Waals surface area contributed by atoms with E-state index in [9.17, 15) is 18.0 Å². The van der Waals surface area contributed by atoms with Gasteiger partial charge < -0.3 is 15.4 Å². The van der Waals surface area contributed by atoms with Gasteiger partial charge in [0, 0.05) is 51.9 Å². The van der Waals surface area contributed by atoms with Gasteiger partial charge in [-0.1, -0.05) is 13.8 Å². The van der Waals surface area contributed by atoms with Gasteiger partial charge in [-0.3, -0.25) is 14.5 Å². The molecule has 1 aliphatic heterocycles. The number of hydrogen-bond acceptors (Lipinski definition) is 6. The van der Waals surface area contributed by atoms with Crippen molar-refractivity contribution in [2.45, 2.75) is 20.8 Å². The summed E-state index contributed by atoms with van der Waals surface area (Å²) in [4.78, 5) is 25.7. The van der Waals surface area contributed by atoms with E-state index in [0.717, 1.165) is 0 Å². The molecule has 0 unspecified atom stereocenters. The largest absolute Gasteiger partial charge is 0.495 e. The zero-order chi connectivity index (χ0) is 22.3. The highest BCUT2D eigenvalue weighted by Crippen LogP contribution is 2.28. The zero-order valence-corrected chi connectivity index (χ0v) is 18.8. The lowest BCUT2D eigenvalue weighted by Crippen LogP contribution is -2.54. The first-order valence-corrected chi connectivity index (χ1v) is 11.3. The van der Waals surface area contributed by atoms with Crippen molar-refractivity contribution in [1.82, 2.24) is 13.5 Å². The number of carbonyl (C=O) groups is 2. The predicted octanol–water partition coefficient (Wildman–Crippen LogP) is 0.796. The molecule has 1 fully saturated rings. The van der Waals surface area contributed by atoms with Crippen LogP contribution in [0.4, 0.5) is 11.4 Å². The number of ether oxygens (including phenoxy) is 1. The first kappa shape index (κ1) is 24.1. The zero-order valence-electron chi connectivity index (χ0n) is 18.0. The Kier molecular flexibility index (Phi) is 8.59. The van der Waals surface area contributed by atoms with Gasteiger partial charge in [0.15, 0.2) is 0 Å². The van der Waals surface area contributed by atoms with Crippen molar-refractivity contribution in [3.63, 3.8) is 0 Å². The summed E-state index contributed by atoms with van der Waals surface area (Å²) in [6.07, 6.45) is 0. The maximum absolute atomic E-state index is 12.6. The second-order valence-corrected chi connectivity index (χ2v) is 8.84. The van der Waals surface area contributed by atoms with Gasteiger partial charge in [-0.25, -0.2) is 0 Å². The second-order valence-electron chi connectivity index (χ2n) is 6.91. The minimum Gasteiger partial charge on any atom is -0.495 e. The van der Waals surface area contributed by atoms with Crippen molar-refractivity contribution in [2.24, 2.45) is 0 Å². The Balaban J connectivity index is 1.95. The molecule has 1 aliphatic rings. The molecule has 0 saturated carbocycles. The summed E-state index contributed by atoms with van der Waals surface area (Å²) in [5.74, 6) is 0.0240. The van der Waals surface area contributed by atoms with Crippen LogP contribution in [0.15, 0.2) is 18.2 Å². The highest BCUT2D eigenvalue weighted by molar-refractivity contribution is 7.86. The van der Waals surface area contributed by atoms with Crippen LogP contribution in [-0.4, -0.2) is 86.7 Å². The summed E-state index contributed by atoms with van der Waals surface area (Å²) in [7, 11) is -1.96. The van der Waals surface area contributed by atoms with Crippen LogP contribution in [0, 0.1) is 0 Å². The van der Waals surface area contributed by atoms with E-state index in [0.29, 0.717) is 56.4 Å². The van der Waals surface area contributed by atoms with E-state index in [4.69, 9.17) is 4.74 Å². The highest BCUT2D eigenvalue weighted by Gasteiger charge is 2.31. The first-order valence-electron chi connectivity index (χ1n) is 9.94. The van der Waals surface area contributed by atoms with E-state index in [-0.39, 0.29) is 18.4 Å². The third-order valence-electron chi connectivity index (χ3n) is 4.85. The van der Waals surface area contributed by atoms with Gasteiger partial charge in [-0.2, -0.15) is 17.0 Å². The fraction of sp³-hybridized carbons (Fsp3) is 0.579. The fourth-order valence-electron chi connectivity index (χ4n) is 3.31. The molecule has 1 heterocycles. The Hall–Kier alpha value is -2.21. The molecule has 0 aliphatic carbocycles. The van der Waals surface area contributed by atoms with Crippen molar-refractivity contribution in [2.75, 3.05) is 63.6 Å². The molecule has 10 nitrogen and oxygen atoms in total. The van der Waals surface area contributed by atoms with E-state index in [1.54, 1.807) is 18.2 Å². The first-order chi connectivity index (χ1) is 14.2. The van der Waals surface area contributed by atoms with E-state index in [2.05, 4.69) is 10.6 Å². The van der Waals surface area contributed by atoms with Gasteiger partial charge in [-0.05, 0) is 18.2 Å². The maximum atomic E-state index is 12.6. The minimum absolute atomic E-state index is 0.132. The van der Waals surface area contributed by atoms with Crippen LogP contribution in [0.3, 0.4) is 0 Å². The number of nitrogens with one attached hydrogen (secondary N) is 2. The van der Waals surface area contributed by atoms with Crippen molar-refractivity contribution in [3.05, 3.63) is 18.2 Å². The molecule has 0 radical (unpaired) electrons. The number of amides is 2. The monoisotopic (exact) mass is 441 g/mol. The minimum atomic E-state index is -3.46. The van der Waals surface area contributed by atoms with Gasteiger partial charge in [0.05, 0.1) is 19.3 Å². The van der Waals surface area contributed by atoms with Crippen LogP contribution in [-0.2, 0) is 19.8 Å². The van der Waals surface area contributed by atoms with Crippen molar-refractivity contribution in [1.29, 1.82) is 0 Å². The summed E-state index contributed by atoms with van der Waals surface area (Å²) in [6.45, 7) is 7.65. The topological polar surface area (TPSA) is 111 Å². The van der Waals surface area contributed by atoms with E-state index in [1.165, 1.54) is 22.6 Å². The number of piperazine rings is 1. The van der Waals surface area contributed by atoms with Gasteiger partial charge in [0.2, 0.25) is 11.8 Å². The third kappa shape index (κ3) is 6.14. The number of carbonyl (C=O) groups excluding carboxylic acids is 2. The number of benzene rings is 1. The Morgan fingerprint density at radius 2 is 1.73 bits per heavy atom. The third-order valence-corrected chi connectivity index (χ3v) is 7.04. The van der Waals surface area contributed by atoms with Crippen LogP contribution < -0.4 is 15.4 Å². The smallest absolute Gasteiger partial charge is 0.282 e. The average molecular weight is 442 g/mol. The Bertz CT molecular complexity index is 849. The fourth-order valence-corrected chi connectivity index (χ4v) is 4.91. The molecule has 1 saturated heterocycles. The van der Waals surface area contributed by atoms with Crippen molar-refractivity contribution in [3.8, 4) is 5.75 Å². The molecule has 0 aromatic heterocycles. The highest BCUT2D eigenvalue weighted by atomic mass is 32.2. The Morgan fingerprint density at radius 1 is 1.10 bits per heavy atom. The summed E-state index contributed by atoms with van der Waals surface area (Å²) in [5.41, 5.74) is 1.00. The summed E-state index contributed by atoms with van der Waals surface area (Å²) in [6, 6.07) is 4.98. The van der Waals surface area contributed by atoms with Crippen LogP contribution in [0.1, 0.15) is 20.8 Å². The molecule has 0 bridgehead atoms. The normalized spacial score (nSPS) is 15.8. The van der Waals surface area contributed by atoms with Gasteiger partial charge in [-0.15, -0.1) is 0 Å². The van der Waals surface area contributed by atoms with Gasteiger partial charge in [0.25, 0.3) is 10.2 Å². The predicted molar refractivity (Wildman–Crippen MR) is 116 cm³/mol. The molecule has 2 amide bonds. The van der Waals surface area contributed by atoms with Crippen molar-refractivity contribution >= 4 is 33.4 Å². The maximum Gasteiger partial charge on any atom is 0.282 e. The lowest BCUT2D eigenvalue weighted by atomic mass is 10.2. The van der Waals surface area contributed by atoms with E-state index < -0.39 is 10.2 Å². The van der Waals surface area contributed by atoms with Crippen LogP contribution >= 0.6 is 0 Å². The number of nitrogens with zero attached hydrogens (tertiary/aromatic N) is 3. The molecule has 1 aromatic rings. The molecule has 11 heteroatoms. The molecule has 0 spiro atoms. The molecule has 168 valence electrons. The van der Waals surface area contributed by atoms with Crippen LogP contribution in [0.2, 0.25) is 0 Å². The molecule has 0 atom stereocenters. The van der Waals surface area contributed by atoms with E-state index >= 15 is 0 Å². The lowest BCUT2D eigenvalue weighted by molar-refractivity contribution is -0.117. The van der Waals surface area contributed by atoms with Crippen molar-refractivity contribution < 1.29 is 22.7 Å². The SMILES string of the molecule is CCN(CC)S(=O)(=O)N1CCN(CC(=O)Nc2cc(NC(C)=O)ccc2OC)CC1. The summed E-state index contributed by atoms with van der Waals surface area (Å²) < 4.78 is 33.4. The second kappa shape index (κ2) is 10.7. The Labute approximate surface area is 178 Å². The quantitative estimate of drug-likeness (QED) is 0.586. The number of anilines is 2. The molecule has 2 rings (SSSR count). The molecule has 2 N–H and O–H groups in total. The van der Waals surface area contributed by atoms with Crippen LogP contribution in [0.5, 0.6) is 5.75 Å². The van der Waals surface area contributed by atoms with Crippen LogP contribution in [0.25, 0.3) is 0 Å². The lowest BCUT2D eigenvalue weighted by Gasteiger charge is -2.35. The number of hydrogen-bond donors (Lipinski definition) is 2. The molecule has 30 heavy (non-hydrogen) atoms. The Morgan fingerprint density at radius 3 is 2.27 bits per heavy atom.